The van der Waals surface area contributed by atoms with Crippen molar-refractivity contribution in [2.24, 2.45) is 17.8 Å². The Labute approximate surface area is 144 Å². The number of ether oxygens (including phenoxy) is 2. The van der Waals surface area contributed by atoms with Crippen LogP contribution < -0.4 is 20.5 Å². The molecule has 0 aliphatic carbocycles. The number of rotatable bonds is 5. The van der Waals surface area contributed by atoms with Crippen molar-refractivity contribution in [3.8, 4) is 11.5 Å². The van der Waals surface area contributed by atoms with Crippen LogP contribution >= 0.6 is 23.2 Å². The zero-order valence-corrected chi connectivity index (χ0v) is 14.6. The van der Waals surface area contributed by atoms with Crippen LogP contribution in [0.25, 0.3) is 0 Å². The topological polar surface area (TPSA) is 73.8 Å². The highest BCUT2D eigenvalue weighted by Crippen LogP contribution is 2.29. The monoisotopic (exact) mass is 356 g/mol. The summed E-state index contributed by atoms with van der Waals surface area (Å²) in [5.74, 6) is 1.56. The first-order chi connectivity index (χ1) is 11.0. The van der Waals surface area contributed by atoms with Gasteiger partial charge in [-0.05, 0) is 18.2 Å². The molecule has 0 atom stereocenters. The van der Waals surface area contributed by atoms with Gasteiger partial charge in [0.05, 0.1) is 31.5 Å². The lowest BCUT2D eigenvalue weighted by Gasteiger charge is -2.12. The number of hydrogen-bond acceptors (Lipinski definition) is 3. The van der Waals surface area contributed by atoms with E-state index < -0.39 is 0 Å². The second-order valence-electron chi connectivity index (χ2n) is 4.73. The average Bonchev–Trinajstić information content (AvgIpc) is 2.80. The molecule has 0 aliphatic rings. The minimum atomic E-state index is 0.241. The van der Waals surface area contributed by atoms with Crippen LogP contribution in [-0.2, 0) is 13.6 Å². The Kier molecular flexibility index (Phi) is 5.63. The first kappa shape index (κ1) is 17.3. The molecule has 124 valence electrons. The predicted molar refractivity (Wildman–Crippen MR) is 93.9 cm³/mol. The van der Waals surface area contributed by atoms with Crippen molar-refractivity contribution in [2.75, 3.05) is 19.5 Å². The van der Waals surface area contributed by atoms with E-state index in [4.69, 9.17) is 38.4 Å². The minimum Gasteiger partial charge on any atom is -0.497 e. The number of nitrogens with zero attached hydrogens (tertiary/aromatic N) is 2. The molecule has 6 nitrogen and oxygen atoms in total. The summed E-state index contributed by atoms with van der Waals surface area (Å²) in [5, 5.41) is 3.95. The molecule has 2 aromatic rings. The standard InChI is InChI=1S/C15H18Cl2N4O2/c1-21-9(6-11(16)14(21)17)8-19-15(18)20-12-7-10(22-2)4-5-13(12)23-3/h4-7H,8H2,1-3H3,(H3,18,19,20). The molecule has 8 heteroatoms. The molecule has 0 bridgehead atoms. The van der Waals surface area contributed by atoms with E-state index in [1.165, 1.54) is 0 Å². The second-order valence-corrected chi connectivity index (χ2v) is 5.49. The van der Waals surface area contributed by atoms with Crippen LogP contribution in [0.15, 0.2) is 29.3 Å². The highest BCUT2D eigenvalue weighted by molar-refractivity contribution is 6.41. The molecule has 1 aromatic carbocycles. The number of nitrogens with two attached hydrogens (primary N) is 1. The smallest absolute Gasteiger partial charge is 0.193 e. The van der Waals surface area contributed by atoms with Crippen molar-refractivity contribution in [1.29, 1.82) is 0 Å². The van der Waals surface area contributed by atoms with Crippen molar-refractivity contribution in [2.45, 2.75) is 6.54 Å². The van der Waals surface area contributed by atoms with E-state index in [0.717, 1.165) is 5.69 Å². The highest BCUT2D eigenvalue weighted by Gasteiger charge is 2.09. The second kappa shape index (κ2) is 7.48. The summed E-state index contributed by atoms with van der Waals surface area (Å²) in [6, 6.07) is 7.11. The molecular formula is C15H18Cl2N4O2. The van der Waals surface area contributed by atoms with Crippen molar-refractivity contribution >= 4 is 34.8 Å². The summed E-state index contributed by atoms with van der Waals surface area (Å²) in [6.07, 6.45) is 0. The van der Waals surface area contributed by atoms with Gasteiger partial charge in [-0.1, -0.05) is 23.2 Å². The van der Waals surface area contributed by atoms with E-state index >= 15 is 0 Å². The van der Waals surface area contributed by atoms with Gasteiger partial charge in [0.2, 0.25) is 0 Å². The van der Waals surface area contributed by atoms with E-state index in [-0.39, 0.29) is 5.96 Å². The van der Waals surface area contributed by atoms with Crippen LogP contribution in [0.2, 0.25) is 10.2 Å². The summed E-state index contributed by atoms with van der Waals surface area (Å²) < 4.78 is 12.2. The molecule has 0 fully saturated rings. The summed E-state index contributed by atoms with van der Waals surface area (Å²) in [5.41, 5.74) is 7.44. The summed E-state index contributed by atoms with van der Waals surface area (Å²) in [6.45, 7) is 0.341. The summed E-state index contributed by atoms with van der Waals surface area (Å²) in [7, 11) is 4.98. The Morgan fingerprint density at radius 1 is 1.26 bits per heavy atom. The Morgan fingerprint density at radius 3 is 2.57 bits per heavy atom. The van der Waals surface area contributed by atoms with E-state index in [9.17, 15) is 0 Å². The zero-order valence-electron chi connectivity index (χ0n) is 13.1. The highest BCUT2D eigenvalue weighted by atomic mass is 35.5. The van der Waals surface area contributed by atoms with Crippen LogP contribution in [0.5, 0.6) is 11.5 Å². The zero-order chi connectivity index (χ0) is 17.0. The van der Waals surface area contributed by atoms with Gasteiger partial charge in [0.1, 0.15) is 16.7 Å². The number of aromatic nitrogens is 1. The maximum absolute atomic E-state index is 6.02. The molecule has 0 amide bonds. The molecule has 0 saturated heterocycles. The van der Waals surface area contributed by atoms with Gasteiger partial charge in [-0.3, -0.25) is 0 Å². The Hall–Kier alpha value is -2.05. The van der Waals surface area contributed by atoms with Gasteiger partial charge in [-0.2, -0.15) is 0 Å². The number of hydrogen-bond donors (Lipinski definition) is 2. The largest absolute Gasteiger partial charge is 0.497 e. The normalized spacial score (nSPS) is 11.4. The molecule has 0 unspecified atom stereocenters. The predicted octanol–water partition coefficient (Wildman–Crippen LogP) is 3.28. The van der Waals surface area contributed by atoms with Crippen LogP contribution in [0.1, 0.15) is 5.69 Å². The fraction of sp³-hybridized carbons (Fsp3) is 0.267. The number of anilines is 1. The van der Waals surface area contributed by atoms with Crippen LogP contribution in [0.4, 0.5) is 5.69 Å². The molecule has 0 saturated carbocycles. The van der Waals surface area contributed by atoms with E-state index in [0.29, 0.717) is 33.9 Å². The number of guanidine groups is 1. The molecule has 1 heterocycles. The maximum Gasteiger partial charge on any atom is 0.193 e. The fourth-order valence-corrected chi connectivity index (χ4v) is 2.41. The Balaban J connectivity index is 2.14. The lowest BCUT2D eigenvalue weighted by molar-refractivity contribution is 0.405. The van der Waals surface area contributed by atoms with E-state index in [1.54, 1.807) is 43.1 Å². The molecular weight excluding hydrogens is 339 g/mol. The van der Waals surface area contributed by atoms with Crippen LogP contribution in [0, 0.1) is 0 Å². The van der Waals surface area contributed by atoms with Crippen molar-refractivity contribution in [3.05, 3.63) is 40.1 Å². The average molecular weight is 357 g/mol. The number of benzene rings is 1. The Bertz CT molecular complexity index is 729. The molecule has 0 spiro atoms. The van der Waals surface area contributed by atoms with Crippen LogP contribution in [0.3, 0.4) is 0 Å². The first-order valence-electron chi connectivity index (χ1n) is 6.74. The third-order valence-corrected chi connectivity index (χ3v) is 4.14. The SMILES string of the molecule is COc1ccc(OC)c(NC(N)=NCc2cc(Cl)c(Cl)n2C)c1. The molecule has 3 N–H and O–H groups in total. The van der Waals surface area contributed by atoms with Gasteiger partial charge in [0.25, 0.3) is 0 Å². The Morgan fingerprint density at radius 2 is 2.00 bits per heavy atom. The van der Waals surface area contributed by atoms with Gasteiger partial charge in [-0.25, -0.2) is 4.99 Å². The van der Waals surface area contributed by atoms with Gasteiger partial charge >= 0.3 is 0 Å². The number of halogens is 2. The number of aliphatic imine (C=N–C) groups is 1. The number of nitrogens with one attached hydrogen (secondary N) is 1. The lowest BCUT2D eigenvalue weighted by atomic mass is 10.2. The third-order valence-electron chi connectivity index (χ3n) is 3.30. The fourth-order valence-electron chi connectivity index (χ4n) is 2.00. The van der Waals surface area contributed by atoms with Crippen molar-refractivity contribution in [1.82, 2.24) is 4.57 Å². The first-order valence-corrected chi connectivity index (χ1v) is 7.50. The third kappa shape index (κ3) is 4.03. The molecule has 0 radical (unpaired) electrons. The maximum atomic E-state index is 6.02. The van der Waals surface area contributed by atoms with E-state index in [1.807, 2.05) is 7.05 Å². The van der Waals surface area contributed by atoms with Gasteiger partial charge < -0.3 is 25.1 Å². The lowest BCUT2D eigenvalue weighted by Crippen LogP contribution is -2.23. The van der Waals surface area contributed by atoms with Crippen LogP contribution in [-0.4, -0.2) is 24.7 Å². The minimum absolute atomic E-state index is 0.241. The van der Waals surface area contributed by atoms with E-state index in [2.05, 4.69) is 10.3 Å². The molecule has 0 aliphatic heterocycles. The molecule has 23 heavy (non-hydrogen) atoms. The van der Waals surface area contributed by atoms with Gasteiger partial charge in [0.15, 0.2) is 5.96 Å². The van der Waals surface area contributed by atoms with Crippen molar-refractivity contribution in [3.63, 3.8) is 0 Å². The molecule has 1 aromatic heterocycles. The number of methoxy groups -OCH3 is 2. The summed E-state index contributed by atoms with van der Waals surface area (Å²) in [4.78, 5) is 4.28. The quantitative estimate of drug-likeness (QED) is 0.636. The molecule has 2 rings (SSSR count). The summed E-state index contributed by atoms with van der Waals surface area (Å²) >= 11 is 12.0. The van der Waals surface area contributed by atoms with Crippen molar-refractivity contribution < 1.29 is 9.47 Å². The van der Waals surface area contributed by atoms with Gasteiger partial charge in [0, 0.05) is 18.8 Å². The van der Waals surface area contributed by atoms with Gasteiger partial charge in [-0.15, -0.1) is 0 Å².